The molecule has 0 aromatic heterocycles. The van der Waals surface area contributed by atoms with Gasteiger partial charge in [0.2, 0.25) is 15.9 Å². The number of nitrogens with two attached hydrogens (primary N) is 1. The lowest BCUT2D eigenvalue weighted by Crippen LogP contribution is -2.36. The molecule has 1 rings (SSSR count). The summed E-state index contributed by atoms with van der Waals surface area (Å²) in [6.45, 7) is 1.48. The lowest BCUT2D eigenvalue weighted by atomic mass is 10.2. The van der Waals surface area contributed by atoms with E-state index in [0.717, 1.165) is 5.56 Å². The molecule has 0 saturated heterocycles. The first-order valence-electron chi connectivity index (χ1n) is 5.29. The molecule has 0 saturated carbocycles. The van der Waals surface area contributed by atoms with Crippen molar-refractivity contribution in [2.24, 2.45) is 0 Å². The lowest BCUT2D eigenvalue weighted by Gasteiger charge is -2.12. The SMILES string of the molecule is Cc1cc(N)cc(S(=O)(=O)NCC(=O)N(C)C)c1. The number of carbonyl (C=O) groups excluding carboxylic acids is 1. The summed E-state index contributed by atoms with van der Waals surface area (Å²) in [5, 5.41) is 0. The Labute approximate surface area is 107 Å². The highest BCUT2D eigenvalue weighted by atomic mass is 32.2. The molecule has 1 amide bonds. The Morgan fingerprint density at radius 2 is 1.94 bits per heavy atom. The summed E-state index contributed by atoms with van der Waals surface area (Å²) in [6.07, 6.45) is 0. The van der Waals surface area contributed by atoms with Crippen molar-refractivity contribution in [1.82, 2.24) is 9.62 Å². The highest BCUT2D eigenvalue weighted by Crippen LogP contribution is 2.15. The minimum Gasteiger partial charge on any atom is -0.399 e. The minimum atomic E-state index is -3.71. The van der Waals surface area contributed by atoms with Gasteiger partial charge in [0, 0.05) is 19.8 Å². The second-order valence-electron chi connectivity index (χ2n) is 4.19. The van der Waals surface area contributed by atoms with Gasteiger partial charge in [-0.05, 0) is 30.7 Å². The summed E-state index contributed by atoms with van der Waals surface area (Å²) in [4.78, 5) is 12.7. The van der Waals surface area contributed by atoms with Crippen LogP contribution in [0, 0.1) is 6.92 Å². The molecule has 18 heavy (non-hydrogen) atoms. The number of sulfonamides is 1. The summed E-state index contributed by atoms with van der Waals surface area (Å²) in [5.41, 5.74) is 6.71. The smallest absolute Gasteiger partial charge is 0.241 e. The topological polar surface area (TPSA) is 92.5 Å². The van der Waals surface area contributed by atoms with Crippen LogP contribution in [0.4, 0.5) is 5.69 Å². The van der Waals surface area contributed by atoms with E-state index in [9.17, 15) is 13.2 Å². The Morgan fingerprint density at radius 1 is 1.33 bits per heavy atom. The average molecular weight is 271 g/mol. The van der Waals surface area contributed by atoms with Crippen LogP contribution < -0.4 is 10.5 Å². The largest absolute Gasteiger partial charge is 0.399 e. The van der Waals surface area contributed by atoms with Crippen LogP contribution in [-0.2, 0) is 14.8 Å². The Balaban J connectivity index is 2.90. The van der Waals surface area contributed by atoms with Gasteiger partial charge in [-0.3, -0.25) is 4.79 Å². The van der Waals surface area contributed by atoms with Crippen LogP contribution in [0.1, 0.15) is 5.56 Å². The van der Waals surface area contributed by atoms with Gasteiger partial charge < -0.3 is 10.6 Å². The van der Waals surface area contributed by atoms with Crippen LogP contribution >= 0.6 is 0 Å². The fourth-order valence-electron chi connectivity index (χ4n) is 1.33. The Bertz CT molecular complexity index is 532. The van der Waals surface area contributed by atoms with E-state index in [2.05, 4.69) is 4.72 Å². The van der Waals surface area contributed by atoms with Crippen molar-refractivity contribution in [3.8, 4) is 0 Å². The Morgan fingerprint density at radius 3 is 2.44 bits per heavy atom. The number of hydrogen-bond donors (Lipinski definition) is 2. The molecular weight excluding hydrogens is 254 g/mol. The Hall–Kier alpha value is -1.60. The first kappa shape index (κ1) is 14.5. The van der Waals surface area contributed by atoms with Crippen LogP contribution in [0.25, 0.3) is 0 Å². The molecule has 0 aliphatic rings. The molecule has 0 atom stereocenters. The number of nitrogens with one attached hydrogen (secondary N) is 1. The third kappa shape index (κ3) is 3.71. The monoisotopic (exact) mass is 271 g/mol. The predicted octanol–water partition coefficient (Wildman–Crippen LogP) is -0.0563. The number of rotatable bonds is 4. The van der Waals surface area contributed by atoms with Crippen molar-refractivity contribution in [1.29, 1.82) is 0 Å². The van der Waals surface area contributed by atoms with Crippen molar-refractivity contribution >= 4 is 21.6 Å². The summed E-state index contributed by atoms with van der Waals surface area (Å²) in [5.74, 6) is -0.320. The normalized spacial score (nSPS) is 11.3. The minimum absolute atomic E-state index is 0.0616. The molecule has 0 bridgehead atoms. The standard InChI is InChI=1S/C11H17N3O3S/c1-8-4-9(12)6-10(5-8)18(16,17)13-7-11(15)14(2)3/h4-6,13H,7,12H2,1-3H3. The van der Waals surface area contributed by atoms with Gasteiger partial charge in [0.15, 0.2) is 0 Å². The molecule has 6 nitrogen and oxygen atoms in total. The second kappa shape index (κ2) is 5.36. The molecule has 0 unspecified atom stereocenters. The predicted molar refractivity (Wildman–Crippen MR) is 69.5 cm³/mol. The molecule has 7 heteroatoms. The maximum Gasteiger partial charge on any atom is 0.241 e. The van der Waals surface area contributed by atoms with Crippen LogP contribution in [0.15, 0.2) is 23.1 Å². The molecule has 3 N–H and O–H groups in total. The van der Waals surface area contributed by atoms with E-state index < -0.39 is 10.0 Å². The van der Waals surface area contributed by atoms with Crippen molar-refractivity contribution in [2.45, 2.75) is 11.8 Å². The number of hydrogen-bond acceptors (Lipinski definition) is 4. The van der Waals surface area contributed by atoms with Crippen molar-refractivity contribution in [3.63, 3.8) is 0 Å². The summed E-state index contributed by atoms with van der Waals surface area (Å²) in [7, 11) is -0.598. The van der Waals surface area contributed by atoms with Crippen molar-refractivity contribution in [2.75, 3.05) is 26.4 Å². The number of benzene rings is 1. The molecule has 1 aromatic rings. The maximum absolute atomic E-state index is 11.9. The molecule has 1 aromatic carbocycles. The second-order valence-corrected chi connectivity index (χ2v) is 5.96. The zero-order chi connectivity index (χ0) is 13.9. The van der Waals surface area contributed by atoms with Gasteiger partial charge in [-0.15, -0.1) is 0 Å². The van der Waals surface area contributed by atoms with E-state index >= 15 is 0 Å². The van der Waals surface area contributed by atoms with E-state index in [4.69, 9.17) is 5.73 Å². The fraction of sp³-hybridized carbons (Fsp3) is 0.364. The van der Waals surface area contributed by atoms with Crippen LogP contribution in [0.5, 0.6) is 0 Å². The van der Waals surface area contributed by atoms with E-state index in [0.29, 0.717) is 5.69 Å². The molecule has 0 radical (unpaired) electrons. The number of nitrogens with zero attached hydrogens (tertiary/aromatic N) is 1. The highest BCUT2D eigenvalue weighted by Gasteiger charge is 2.16. The van der Waals surface area contributed by atoms with Gasteiger partial charge >= 0.3 is 0 Å². The maximum atomic E-state index is 11.9. The van der Waals surface area contributed by atoms with Gasteiger partial charge in [0.1, 0.15) is 0 Å². The fourth-order valence-corrected chi connectivity index (χ4v) is 2.44. The van der Waals surface area contributed by atoms with E-state index in [1.807, 2.05) is 0 Å². The number of nitrogen functional groups attached to an aromatic ring is 1. The zero-order valence-electron chi connectivity index (χ0n) is 10.6. The zero-order valence-corrected chi connectivity index (χ0v) is 11.4. The molecular formula is C11H17N3O3S. The van der Waals surface area contributed by atoms with Gasteiger partial charge in [0.05, 0.1) is 11.4 Å². The summed E-state index contributed by atoms with van der Waals surface area (Å²) >= 11 is 0. The summed E-state index contributed by atoms with van der Waals surface area (Å²) in [6, 6.07) is 4.53. The van der Waals surface area contributed by atoms with Gasteiger partial charge in [-0.1, -0.05) is 0 Å². The number of carbonyl (C=O) groups is 1. The highest BCUT2D eigenvalue weighted by molar-refractivity contribution is 7.89. The molecule has 0 aliphatic carbocycles. The van der Waals surface area contributed by atoms with Crippen LogP contribution in [0.3, 0.4) is 0 Å². The molecule has 100 valence electrons. The number of likely N-dealkylation sites (N-methyl/N-ethyl adjacent to an activating group) is 1. The van der Waals surface area contributed by atoms with Crippen molar-refractivity contribution in [3.05, 3.63) is 23.8 Å². The van der Waals surface area contributed by atoms with Gasteiger partial charge in [-0.25, -0.2) is 13.1 Å². The van der Waals surface area contributed by atoms with E-state index in [-0.39, 0.29) is 17.3 Å². The van der Waals surface area contributed by atoms with E-state index in [1.165, 1.54) is 17.0 Å². The van der Waals surface area contributed by atoms with Gasteiger partial charge in [-0.2, -0.15) is 0 Å². The molecule has 0 spiro atoms. The number of amides is 1. The molecule has 0 aliphatic heterocycles. The number of aryl methyl sites for hydroxylation is 1. The van der Waals surface area contributed by atoms with Gasteiger partial charge in [0.25, 0.3) is 0 Å². The third-order valence-corrected chi connectivity index (χ3v) is 3.68. The third-order valence-electron chi connectivity index (χ3n) is 2.30. The van der Waals surface area contributed by atoms with Crippen LogP contribution in [0.2, 0.25) is 0 Å². The van der Waals surface area contributed by atoms with E-state index in [1.54, 1.807) is 27.1 Å². The average Bonchev–Trinajstić information content (AvgIpc) is 2.24. The number of anilines is 1. The first-order valence-corrected chi connectivity index (χ1v) is 6.77. The Kier molecular flexibility index (Phi) is 4.31. The van der Waals surface area contributed by atoms with Crippen LogP contribution in [-0.4, -0.2) is 39.9 Å². The lowest BCUT2D eigenvalue weighted by molar-refractivity contribution is -0.127. The summed E-state index contributed by atoms with van der Waals surface area (Å²) < 4.78 is 26.1. The molecule has 0 fully saturated rings. The molecule has 0 heterocycles. The van der Waals surface area contributed by atoms with Crippen molar-refractivity contribution < 1.29 is 13.2 Å². The first-order chi connectivity index (χ1) is 8.22. The quantitative estimate of drug-likeness (QED) is 0.751.